The highest BCUT2D eigenvalue weighted by atomic mass is 32.1. The average molecular weight is 899 g/mol. The second-order valence-corrected chi connectivity index (χ2v) is 19.0. The molecule has 69 heavy (non-hydrogen) atoms. The zero-order chi connectivity index (χ0) is 45.4. The number of allylic oxidation sites excluding steroid dienone is 4. The van der Waals surface area contributed by atoms with Gasteiger partial charge < -0.3 is 9.13 Å². The highest BCUT2D eigenvalue weighted by Gasteiger charge is 2.25. The number of benzene rings is 9. The Morgan fingerprint density at radius 1 is 0.391 bits per heavy atom. The third kappa shape index (κ3) is 6.35. The van der Waals surface area contributed by atoms with Gasteiger partial charge in [-0.3, -0.25) is 0 Å². The fraction of sp³-hybridized carbons (Fsp3) is 0.0312. The summed E-state index contributed by atoms with van der Waals surface area (Å²) in [6.07, 6.45) is 8.79. The SMILES string of the molecule is C1=CC(c2cc(-c3ccccc3)nc(-c3cc(-c4ccccc4)c(-n4c5ccccc5c5c6sc7c(ccc8c7c7ccccc7n8-c7ccccc7)c6ccc54)c(-c4ccccc4)c3)n2)=CCC1. The summed E-state index contributed by atoms with van der Waals surface area (Å²) in [5.41, 5.74) is 16.5. The van der Waals surface area contributed by atoms with Crippen LogP contribution in [-0.4, -0.2) is 19.1 Å². The topological polar surface area (TPSA) is 35.6 Å². The molecule has 0 saturated heterocycles. The number of hydrogen-bond donors (Lipinski definition) is 0. The Kier molecular flexibility index (Phi) is 9.17. The van der Waals surface area contributed by atoms with Gasteiger partial charge in [0.15, 0.2) is 5.82 Å². The third-order valence-corrected chi connectivity index (χ3v) is 15.2. The molecule has 0 atom stereocenters. The molecule has 4 nitrogen and oxygen atoms in total. The third-order valence-electron chi connectivity index (χ3n) is 13.9. The summed E-state index contributed by atoms with van der Waals surface area (Å²) in [5.74, 6) is 0.696. The van der Waals surface area contributed by atoms with E-state index < -0.39 is 0 Å². The van der Waals surface area contributed by atoms with Gasteiger partial charge in [0.05, 0.1) is 39.1 Å². The monoisotopic (exact) mass is 898 g/mol. The molecule has 5 heteroatoms. The van der Waals surface area contributed by atoms with Crippen molar-refractivity contribution in [1.29, 1.82) is 0 Å². The van der Waals surface area contributed by atoms with Gasteiger partial charge in [-0.2, -0.15) is 0 Å². The zero-order valence-electron chi connectivity index (χ0n) is 37.6. The van der Waals surface area contributed by atoms with Gasteiger partial charge in [0.2, 0.25) is 0 Å². The minimum Gasteiger partial charge on any atom is -0.309 e. The van der Waals surface area contributed by atoms with E-state index in [1.54, 1.807) is 0 Å². The van der Waals surface area contributed by atoms with Crippen LogP contribution in [0.25, 0.3) is 126 Å². The summed E-state index contributed by atoms with van der Waals surface area (Å²) in [4.78, 5) is 10.8. The Hall–Kier alpha value is -8.64. The van der Waals surface area contributed by atoms with Gasteiger partial charge >= 0.3 is 0 Å². The molecule has 1 aliphatic carbocycles. The molecule has 0 spiro atoms. The van der Waals surface area contributed by atoms with Crippen LogP contribution in [0.5, 0.6) is 0 Å². The van der Waals surface area contributed by atoms with Gasteiger partial charge in [-0.1, -0.05) is 176 Å². The first-order chi connectivity index (χ1) is 34.2. The summed E-state index contributed by atoms with van der Waals surface area (Å²) in [6.45, 7) is 0. The lowest BCUT2D eigenvalue weighted by atomic mass is 9.92. The zero-order valence-corrected chi connectivity index (χ0v) is 38.4. The van der Waals surface area contributed by atoms with Crippen molar-refractivity contribution in [3.8, 4) is 56.3 Å². The number of aromatic nitrogens is 4. The molecule has 13 aromatic rings. The minimum atomic E-state index is 0.696. The summed E-state index contributed by atoms with van der Waals surface area (Å²) >= 11 is 1.93. The van der Waals surface area contributed by atoms with Crippen LogP contribution in [0, 0.1) is 0 Å². The molecule has 0 fully saturated rings. The van der Waals surface area contributed by atoms with Gasteiger partial charge in [0, 0.05) is 69.7 Å². The van der Waals surface area contributed by atoms with Gasteiger partial charge in [0.1, 0.15) is 0 Å². The smallest absolute Gasteiger partial charge is 0.160 e. The molecular weight excluding hydrogens is 857 g/mol. The van der Waals surface area contributed by atoms with Gasteiger partial charge in [0.25, 0.3) is 0 Å². The molecule has 14 rings (SSSR count). The van der Waals surface area contributed by atoms with E-state index in [1.807, 2.05) is 11.3 Å². The normalized spacial score (nSPS) is 12.8. The van der Waals surface area contributed by atoms with E-state index in [0.29, 0.717) is 5.82 Å². The predicted molar refractivity (Wildman–Crippen MR) is 292 cm³/mol. The lowest BCUT2D eigenvalue weighted by Crippen LogP contribution is -2.03. The molecule has 4 heterocycles. The van der Waals surface area contributed by atoms with E-state index in [2.05, 4.69) is 240 Å². The maximum absolute atomic E-state index is 5.39. The van der Waals surface area contributed by atoms with Gasteiger partial charge in [-0.05, 0) is 84.1 Å². The summed E-state index contributed by atoms with van der Waals surface area (Å²) in [5, 5.41) is 7.63. The Labute approximate surface area is 403 Å². The maximum Gasteiger partial charge on any atom is 0.160 e. The highest BCUT2D eigenvalue weighted by Crippen LogP contribution is 2.49. The van der Waals surface area contributed by atoms with Crippen molar-refractivity contribution in [2.24, 2.45) is 0 Å². The Morgan fingerprint density at radius 2 is 0.899 bits per heavy atom. The van der Waals surface area contributed by atoms with Crippen LogP contribution >= 0.6 is 11.3 Å². The van der Waals surface area contributed by atoms with E-state index in [1.165, 1.54) is 64.0 Å². The van der Waals surface area contributed by atoms with Crippen LogP contribution in [-0.2, 0) is 0 Å². The molecule has 0 saturated carbocycles. The number of para-hydroxylation sites is 3. The van der Waals surface area contributed by atoms with Crippen molar-refractivity contribution >= 4 is 80.7 Å². The van der Waals surface area contributed by atoms with Crippen LogP contribution in [0.15, 0.2) is 231 Å². The van der Waals surface area contributed by atoms with Crippen molar-refractivity contribution in [3.05, 3.63) is 236 Å². The first kappa shape index (κ1) is 39.5. The van der Waals surface area contributed by atoms with Crippen LogP contribution in [0.3, 0.4) is 0 Å². The Morgan fingerprint density at radius 3 is 1.48 bits per heavy atom. The molecule has 0 aliphatic heterocycles. The van der Waals surface area contributed by atoms with Crippen LogP contribution in [0.2, 0.25) is 0 Å². The summed E-state index contributed by atoms with van der Waals surface area (Å²) < 4.78 is 7.56. The molecule has 9 aromatic carbocycles. The molecule has 324 valence electrons. The van der Waals surface area contributed by atoms with Crippen LogP contribution in [0.4, 0.5) is 0 Å². The van der Waals surface area contributed by atoms with Gasteiger partial charge in [-0.15, -0.1) is 11.3 Å². The lowest BCUT2D eigenvalue weighted by molar-refractivity contribution is 1.03. The van der Waals surface area contributed by atoms with Crippen molar-refractivity contribution in [2.45, 2.75) is 12.8 Å². The molecule has 1 aliphatic rings. The first-order valence-corrected chi connectivity index (χ1v) is 24.5. The standard InChI is InChI=1S/C64H42N4S/c1-6-20-41(21-7-1)51-38-45(64-65-53(43-24-10-3-11-25-43)40-54(66-64)44-26-12-4-13-27-44)39-52(42-22-8-2-9-23-42)61(51)68-56-33-19-17-31-50(56)60-58(68)37-35-48-47-34-36-57-59(62(47)69-63(48)60)49-30-16-18-32-55(49)67(57)46-28-14-5-15-29-46/h1-3,5-12,14-40H,4,13H2. The minimum absolute atomic E-state index is 0.696. The summed E-state index contributed by atoms with van der Waals surface area (Å²) in [7, 11) is 0. The summed E-state index contributed by atoms with van der Waals surface area (Å²) in [6, 6.07) is 77.0. The Balaban J connectivity index is 1.07. The van der Waals surface area contributed by atoms with Crippen molar-refractivity contribution in [3.63, 3.8) is 0 Å². The number of hydrogen-bond acceptors (Lipinski definition) is 3. The van der Waals surface area contributed by atoms with E-state index in [-0.39, 0.29) is 0 Å². The van der Waals surface area contributed by atoms with Crippen LogP contribution in [0.1, 0.15) is 18.5 Å². The second kappa shape index (κ2) is 16.0. The largest absolute Gasteiger partial charge is 0.309 e. The molecule has 0 unspecified atom stereocenters. The van der Waals surface area contributed by atoms with Crippen LogP contribution < -0.4 is 0 Å². The fourth-order valence-electron chi connectivity index (χ4n) is 10.9. The van der Waals surface area contributed by atoms with E-state index >= 15 is 0 Å². The van der Waals surface area contributed by atoms with Crippen molar-refractivity contribution in [2.75, 3.05) is 0 Å². The molecule has 0 amide bonds. The average Bonchev–Trinajstić information content (AvgIpc) is 4.09. The van der Waals surface area contributed by atoms with E-state index in [9.17, 15) is 0 Å². The maximum atomic E-state index is 5.39. The van der Waals surface area contributed by atoms with Gasteiger partial charge in [-0.25, -0.2) is 9.97 Å². The molecule has 0 radical (unpaired) electrons. The fourth-order valence-corrected chi connectivity index (χ4v) is 12.3. The highest BCUT2D eigenvalue weighted by molar-refractivity contribution is 7.27. The number of rotatable bonds is 7. The number of fused-ring (bicyclic) bond motifs is 11. The molecular formula is C64H42N4S. The molecule has 0 bridgehead atoms. The van der Waals surface area contributed by atoms with E-state index in [0.717, 1.165) is 74.4 Å². The lowest BCUT2D eigenvalue weighted by Gasteiger charge is -2.21. The molecule has 0 N–H and O–H groups in total. The van der Waals surface area contributed by atoms with E-state index in [4.69, 9.17) is 9.97 Å². The number of thiophene rings is 1. The second-order valence-electron chi connectivity index (χ2n) is 17.9. The van der Waals surface area contributed by atoms with Crippen molar-refractivity contribution in [1.82, 2.24) is 19.1 Å². The number of nitrogens with zero attached hydrogens (tertiary/aromatic N) is 4. The first-order valence-electron chi connectivity index (χ1n) is 23.7. The quantitative estimate of drug-likeness (QED) is 0.160. The Bertz CT molecular complexity index is 4160. The molecule has 4 aromatic heterocycles. The van der Waals surface area contributed by atoms with Crippen molar-refractivity contribution < 1.29 is 0 Å². The predicted octanol–water partition coefficient (Wildman–Crippen LogP) is 17.4.